The molecular formula is C23H21N3O5S2. The summed E-state index contributed by atoms with van der Waals surface area (Å²) >= 11 is 3.11. The molecule has 1 atom stereocenters. The number of carbonyl (C=O) groups is 3. The Bertz CT molecular complexity index is 1140. The third kappa shape index (κ3) is 5.47. The third-order valence-corrected chi connectivity index (χ3v) is 6.84. The quantitative estimate of drug-likeness (QED) is 0.495. The predicted octanol–water partition coefficient (Wildman–Crippen LogP) is 3.47. The molecule has 3 aromatic rings. The highest BCUT2D eigenvalue weighted by atomic mass is 32.1. The molecule has 8 nitrogen and oxygen atoms in total. The summed E-state index contributed by atoms with van der Waals surface area (Å²) in [5.41, 5.74) is 1.21. The molecule has 170 valence electrons. The van der Waals surface area contributed by atoms with Crippen molar-refractivity contribution in [1.29, 1.82) is 0 Å². The number of hydrogen-bond donors (Lipinski definition) is 1. The second-order valence-corrected chi connectivity index (χ2v) is 9.00. The molecule has 1 aliphatic heterocycles. The van der Waals surface area contributed by atoms with Crippen LogP contribution in [0.25, 0.3) is 0 Å². The summed E-state index contributed by atoms with van der Waals surface area (Å²) in [4.78, 5) is 39.1. The highest BCUT2D eigenvalue weighted by molar-refractivity contribution is 7.12. The monoisotopic (exact) mass is 483 g/mol. The van der Waals surface area contributed by atoms with Crippen molar-refractivity contribution in [1.82, 2.24) is 10.3 Å². The van der Waals surface area contributed by atoms with Gasteiger partial charge in [-0.3, -0.25) is 14.4 Å². The Kier molecular flexibility index (Phi) is 7.16. The number of ether oxygens (including phenoxy) is 2. The normalized spacial score (nSPS) is 15.1. The number of hydrogen-bond acceptors (Lipinski definition) is 8. The Morgan fingerprint density at radius 1 is 1.09 bits per heavy atom. The van der Waals surface area contributed by atoms with E-state index >= 15 is 0 Å². The van der Waals surface area contributed by atoms with Crippen LogP contribution in [0, 0.1) is 0 Å². The van der Waals surface area contributed by atoms with Gasteiger partial charge in [0, 0.05) is 16.9 Å². The van der Waals surface area contributed by atoms with E-state index < -0.39 is 24.4 Å². The summed E-state index contributed by atoms with van der Waals surface area (Å²) in [5, 5.41) is 12.3. The van der Waals surface area contributed by atoms with E-state index in [0.29, 0.717) is 17.7 Å². The van der Waals surface area contributed by atoms with E-state index in [9.17, 15) is 14.4 Å². The number of amides is 2. The molecule has 1 aromatic carbocycles. The number of benzene rings is 1. The maximum Gasteiger partial charge on any atom is 0.325 e. The number of esters is 1. The molecule has 1 aliphatic rings. The fraction of sp³-hybridized carbons (Fsp3) is 0.217. The van der Waals surface area contributed by atoms with E-state index in [4.69, 9.17) is 9.47 Å². The Morgan fingerprint density at radius 2 is 1.85 bits per heavy atom. The highest BCUT2D eigenvalue weighted by Crippen LogP contribution is 2.35. The van der Waals surface area contributed by atoms with Crippen molar-refractivity contribution < 1.29 is 23.9 Å². The van der Waals surface area contributed by atoms with Crippen LogP contribution >= 0.6 is 22.7 Å². The van der Waals surface area contributed by atoms with Crippen molar-refractivity contribution in [3.05, 3.63) is 74.6 Å². The second kappa shape index (κ2) is 10.4. The maximum atomic E-state index is 12.8. The molecule has 3 heterocycles. The molecule has 0 radical (unpaired) electrons. The van der Waals surface area contributed by atoms with E-state index in [0.717, 1.165) is 15.5 Å². The molecule has 0 aliphatic carbocycles. The molecule has 33 heavy (non-hydrogen) atoms. The highest BCUT2D eigenvalue weighted by Gasteiger charge is 2.34. The zero-order valence-corrected chi connectivity index (χ0v) is 19.4. The molecule has 0 bridgehead atoms. The number of rotatable bonds is 8. The molecule has 0 saturated heterocycles. The van der Waals surface area contributed by atoms with Crippen LogP contribution in [0.3, 0.4) is 0 Å². The van der Waals surface area contributed by atoms with Crippen LogP contribution in [-0.4, -0.2) is 48.8 Å². The van der Waals surface area contributed by atoms with Gasteiger partial charge in [-0.15, -0.1) is 22.7 Å². The number of nitrogens with zero attached hydrogens (tertiary/aromatic N) is 2. The number of carbonyl (C=O) groups excluding carboxylic acids is 3. The van der Waals surface area contributed by atoms with Crippen LogP contribution in [0.5, 0.6) is 5.75 Å². The van der Waals surface area contributed by atoms with Gasteiger partial charge in [-0.05, 0) is 47.2 Å². The van der Waals surface area contributed by atoms with Crippen molar-refractivity contribution in [2.75, 3.05) is 20.3 Å². The minimum Gasteiger partial charge on any atom is -0.497 e. The van der Waals surface area contributed by atoms with Crippen molar-refractivity contribution in [2.45, 2.75) is 12.5 Å². The Balaban J connectivity index is 1.32. The lowest BCUT2D eigenvalue weighted by atomic mass is 10.1. The summed E-state index contributed by atoms with van der Waals surface area (Å²) in [5.74, 6) is -0.935. The average molecular weight is 484 g/mol. The van der Waals surface area contributed by atoms with E-state index in [-0.39, 0.29) is 12.6 Å². The molecule has 1 unspecified atom stereocenters. The van der Waals surface area contributed by atoms with E-state index in [1.54, 1.807) is 46.9 Å². The first-order valence-electron chi connectivity index (χ1n) is 10.1. The van der Waals surface area contributed by atoms with Gasteiger partial charge in [-0.25, -0.2) is 5.01 Å². The Morgan fingerprint density at radius 3 is 2.52 bits per heavy atom. The van der Waals surface area contributed by atoms with Crippen molar-refractivity contribution >= 4 is 46.2 Å². The van der Waals surface area contributed by atoms with Crippen LogP contribution in [0.4, 0.5) is 0 Å². The molecule has 0 spiro atoms. The minimum atomic E-state index is -0.709. The lowest BCUT2D eigenvalue weighted by Gasteiger charge is -2.20. The summed E-state index contributed by atoms with van der Waals surface area (Å²) in [6.07, 6.45) is 0.596. The van der Waals surface area contributed by atoms with Gasteiger partial charge >= 0.3 is 5.97 Å². The molecule has 1 N–H and O–H groups in total. The average Bonchev–Trinajstić information content (AvgIpc) is 3.61. The van der Waals surface area contributed by atoms with E-state index in [1.165, 1.54) is 12.1 Å². The fourth-order valence-corrected chi connectivity index (χ4v) is 4.82. The molecule has 0 saturated carbocycles. The van der Waals surface area contributed by atoms with Crippen LogP contribution in [0.15, 0.2) is 64.4 Å². The smallest absolute Gasteiger partial charge is 0.325 e. The minimum absolute atomic E-state index is 0.233. The van der Waals surface area contributed by atoms with Gasteiger partial charge in [-0.2, -0.15) is 5.10 Å². The summed E-state index contributed by atoms with van der Waals surface area (Å²) in [7, 11) is 1.53. The molecule has 4 rings (SSSR count). The third-order valence-electron chi connectivity index (χ3n) is 4.95. The van der Waals surface area contributed by atoms with Crippen LogP contribution in [0.2, 0.25) is 0 Å². The largest absolute Gasteiger partial charge is 0.497 e. The van der Waals surface area contributed by atoms with Gasteiger partial charge in [0.1, 0.15) is 12.3 Å². The molecular weight excluding hydrogens is 462 g/mol. The molecule has 10 heteroatoms. The lowest BCUT2D eigenvalue weighted by Crippen LogP contribution is -2.34. The van der Waals surface area contributed by atoms with Gasteiger partial charge in [0.05, 0.1) is 23.7 Å². The van der Waals surface area contributed by atoms with Gasteiger partial charge in [0.25, 0.3) is 11.8 Å². The Labute approximate surface area is 198 Å². The number of thiophene rings is 2. The van der Waals surface area contributed by atoms with Gasteiger partial charge in [-0.1, -0.05) is 12.1 Å². The zero-order valence-electron chi connectivity index (χ0n) is 17.7. The standard InChI is InChI=1S/C23H21N3O5S2/c1-30-16-8-6-15(7-9-16)23(29)24-13-22(28)31-14-21(27)26-18(20-5-3-11-33-20)12-17(25-26)19-4-2-10-32-19/h2-11,18H,12-14H2,1H3,(H,24,29). The topological polar surface area (TPSA) is 97.3 Å². The number of hydrazone groups is 1. The van der Waals surface area contributed by atoms with E-state index in [2.05, 4.69) is 10.4 Å². The van der Waals surface area contributed by atoms with Gasteiger partial charge < -0.3 is 14.8 Å². The first kappa shape index (κ1) is 22.7. The van der Waals surface area contributed by atoms with Gasteiger partial charge in [0.2, 0.25) is 0 Å². The number of methoxy groups -OCH3 is 1. The Hall–Kier alpha value is -3.50. The van der Waals surface area contributed by atoms with Crippen molar-refractivity contribution in [3.8, 4) is 5.75 Å². The van der Waals surface area contributed by atoms with Crippen LogP contribution in [0.1, 0.15) is 32.6 Å². The summed E-state index contributed by atoms with van der Waals surface area (Å²) in [6.45, 7) is -0.809. The summed E-state index contributed by atoms with van der Waals surface area (Å²) in [6, 6.07) is 14.0. The lowest BCUT2D eigenvalue weighted by molar-refractivity contribution is -0.151. The number of nitrogens with one attached hydrogen (secondary N) is 1. The second-order valence-electron chi connectivity index (χ2n) is 7.07. The van der Waals surface area contributed by atoms with Crippen molar-refractivity contribution in [3.63, 3.8) is 0 Å². The molecule has 2 aromatic heterocycles. The molecule has 0 fully saturated rings. The first-order chi connectivity index (χ1) is 16.0. The predicted molar refractivity (Wildman–Crippen MR) is 126 cm³/mol. The van der Waals surface area contributed by atoms with E-state index in [1.807, 2.05) is 35.0 Å². The van der Waals surface area contributed by atoms with Crippen LogP contribution in [-0.2, 0) is 14.3 Å². The van der Waals surface area contributed by atoms with Crippen molar-refractivity contribution in [2.24, 2.45) is 5.10 Å². The zero-order chi connectivity index (χ0) is 23.2. The SMILES string of the molecule is COc1ccc(C(=O)NCC(=O)OCC(=O)N2N=C(c3cccs3)CC2c2cccs2)cc1. The van der Waals surface area contributed by atoms with Crippen LogP contribution < -0.4 is 10.1 Å². The fourth-order valence-electron chi connectivity index (χ4n) is 3.29. The van der Waals surface area contributed by atoms with Gasteiger partial charge in [0.15, 0.2) is 6.61 Å². The molecule has 2 amide bonds. The summed E-state index contributed by atoms with van der Waals surface area (Å²) < 4.78 is 10.2. The maximum absolute atomic E-state index is 12.8. The first-order valence-corrected chi connectivity index (χ1v) is 11.9.